The first-order valence-electron chi connectivity index (χ1n) is 7.61. The van der Waals surface area contributed by atoms with E-state index in [2.05, 4.69) is 0 Å². The molecule has 0 radical (unpaired) electrons. The zero-order valence-electron chi connectivity index (χ0n) is 13.1. The summed E-state index contributed by atoms with van der Waals surface area (Å²) in [6, 6.07) is 9.49. The number of aliphatic hydroxyl groups excluding tert-OH is 1. The van der Waals surface area contributed by atoms with Crippen molar-refractivity contribution >= 4 is 23.0 Å². The maximum atomic E-state index is 12.5. The van der Waals surface area contributed by atoms with Crippen molar-refractivity contribution in [2.45, 2.75) is 25.9 Å². The van der Waals surface area contributed by atoms with Gasteiger partial charge in [-0.05, 0) is 29.1 Å². The van der Waals surface area contributed by atoms with Crippen LogP contribution in [0, 0.1) is 0 Å². The SMILES string of the molecule is CCC(=O)C1=C(O)C(=O)N(Cc2cccs2)C1c1ccc(O)cc1. The largest absolute Gasteiger partial charge is 0.508 e. The number of hydrogen-bond acceptors (Lipinski definition) is 5. The van der Waals surface area contributed by atoms with Crippen LogP contribution in [0.25, 0.3) is 0 Å². The highest BCUT2D eigenvalue weighted by molar-refractivity contribution is 7.09. The normalized spacial score (nSPS) is 17.6. The fraction of sp³-hybridized carbons (Fsp3) is 0.222. The summed E-state index contributed by atoms with van der Waals surface area (Å²) in [5, 5.41) is 21.7. The third-order valence-corrected chi connectivity index (χ3v) is 4.90. The number of nitrogens with zero attached hydrogens (tertiary/aromatic N) is 1. The van der Waals surface area contributed by atoms with Crippen molar-refractivity contribution in [3.63, 3.8) is 0 Å². The molecule has 5 nitrogen and oxygen atoms in total. The molecule has 2 N–H and O–H groups in total. The molecule has 0 saturated heterocycles. The fourth-order valence-corrected chi connectivity index (χ4v) is 3.57. The van der Waals surface area contributed by atoms with Crippen LogP contribution in [0.2, 0.25) is 0 Å². The van der Waals surface area contributed by atoms with E-state index < -0.39 is 17.7 Å². The number of amides is 1. The van der Waals surface area contributed by atoms with Gasteiger partial charge in [0, 0.05) is 11.3 Å². The predicted octanol–water partition coefficient (Wildman–Crippen LogP) is 3.33. The third kappa shape index (κ3) is 2.80. The minimum atomic E-state index is -0.646. The van der Waals surface area contributed by atoms with Gasteiger partial charge in [-0.2, -0.15) is 0 Å². The maximum Gasteiger partial charge on any atom is 0.290 e. The molecule has 0 spiro atoms. The van der Waals surface area contributed by atoms with E-state index in [-0.39, 0.29) is 23.5 Å². The molecule has 1 aromatic heterocycles. The lowest BCUT2D eigenvalue weighted by Crippen LogP contribution is -2.30. The summed E-state index contributed by atoms with van der Waals surface area (Å²) in [4.78, 5) is 27.3. The van der Waals surface area contributed by atoms with Crippen molar-refractivity contribution in [2.75, 3.05) is 0 Å². The standard InChI is InChI=1S/C18H17NO4S/c1-2-14(21)15-16(11-5-7-12(20)8-6-11)19(18(23)17(15)22)10-13-4-3-9-24-13/h3-9,16,20,22H,2,10H2,1H3. The number of ketones is 1. The first-order chi connectivity index (χ1) is 11.5. The van der Waals surface area contributed by atoms with Gasteiger partial charge >= 0.3 is 0 Å². The Bertz CT molecular complexity index is 793. The average molecular weight is 343 g/mol. The van der Waals surface area contributed by atoms with Gasteiger partial charge < -0.3 is 15.1 Å². The number of rotatable bonds is 5. The van der Waals surface area contributed by atoms with E-state index in [0.717, 1.165) is 4.88 Å². The molecular weight excluding hydrogens is 326 g/mol. The Balaban J connectivity index is 2.05. The smallest absolute Gasteiger partial charge is 0.290 e. The number of hydrogen-bond donors (Lipinski definition) is 2. The molecule has 2 aromatic rings. The van der Waals surface area contributed by atoms with Gasteiger partial charge in [0.05, 0.1) is 18.2 Å². The van der Waals surface area contributed by atoms with Crippen molar-refractivity contribution in [1.82, 2.24) is 4.90 Å². The minimum Gasteiger partial charge on any atom is -0.508 e. The lowest BCUT2D eigenvalue weighted by atomic mass is 9.95. The lowest BCUT2D eigenvalue weighted by Gasteiger charge is -2.26. The topological polar surface area (TPSA) is 77.8 Å². The lowest BCUT2D eigenvalue weighted by molar-refractivity contribution is -0.130. The van der Waals surface area contributed by atoms with E-state index in [1.807, 2.05) is 17.5 Å². The van der Waals surface area contributed by atoms with E-state index >= 15 is 0 Å². The van der Waals surface area contributed by atoms with Crippen LogP contribution < -0.4 is 0 Å². The Morgan fingerprint density at radius 1 is 1.21 bits per heavy atom. The second kappa shape index (κ2) is 6.49. The highest BCUT2D eigenvalue weighted by atomic mass is 32.1. The van der Waals surface area contributed by atoms with E-state index in [0.29, 0.717) is 12.1 Å². The summed E-state index contributed by atoms with van der Waals surface area (Å²) in [7, 11) is 0. The molecule has 2 heterocycles. The number of carbonyl (C=O) groups is 2. The van der Waals surface area contributed by atoms with E-state index in [1.54, 1.807) is 19.1 Å². The summed E-state index contributed by atoms with van der Waals surface area (Å²) >= 11 is 1.51. The molecule has 0 bridgehead atoms. The zero-order valence-corrected chi connectivity index (χ0v) is 13.9. The number of phenols is 1. The molecule has 124 valence electrons. The Morgan fingerprint density at radius 2 is 1.92 bits per heavy atom. The van der Waals surface area contributed by atoms with Gasteiger partial charge in [-0.15, -0.1) is 11.3 Å². The molecule has 1 aliphatic heterocycles. The molecule has 1 unspecified atom stereocenters. The highest BCUT2D eigenvalue weighted by Crippen LogP contribution is 2.39. The molecule has 0 saturated carbocycles. The van der Waals surface area contributed by atoms with Crippen LogP contribution in [0.15, 0.2) is 53.1 Å². The van der Waals surface area contributed by atoms with Gasteiger partial charge in [-0.3, -0.25) is 9.59 Å². The molecule has 1 aliphatic rings. The Morgan fingerprint density at radius 3 is 2.50 bits per heavy atom. The van der Waals surface area contributed by atoms with Crippen molar-refractivity contribution < 1.29 is 19.8 Å². The van der Waals surface area contributed by atoms with Crippen LogP contribution in [0.5, 0.6) is 5.75 Å². The summed E-state index contributed by atoms with van der Waals surface area (Å²) in [5.74, 6) is -1.17. The van der Waals surface area contributed by atoms with Gasteiger partial charge in [-0.25, -0.2) is 0 Å². The monoisotopic (exact) mass is 343 g/mol. The van der Waals surface area contributed by atoms with Crippen molar-refractivity contribution in [1.29, 1.82) is 0 Å². The number of phenolic OH excluding ortho intramolecular Hbond substituents is 1. The van der Waals surface area contributed by atoms with Crippen molar-refractivity contribution in [2.24, 2.45) is 0 Å². The average Bonchev–Trinajstić information content (AvgIpc) is 3.17. The molecular formula is C18H17NO4S. The van der Waals surface area contributed by atoms with Gasteiger partial charge in [-0.1, -0.05) is 25.1 Å². The number of aromatic hydroxyl groups is 1. The van der Waals surface area contributed by atoms with Crippen molar-refractivity contribution in [3.8, 4) is 5.75 Å². The third-order valence-electron chi connectivity index (χ3n) is 4.04. The van der Waals surface area contributed by atoms with Crippen molar-refractivity contribution in [3.05, 3.63) is 63.6 Å². The first-order valence-corrected chi connectivity index (χ1v) is 8.49. The van der Waals surface area contributed by atoms with Crippen LogP contribution in [-0.4, -0.2) is 26.8 Å². The molecule has 24 heavy (non-hydrogen) atoms. The second-order valence-corrected chi connectivity index (χ2v) is 6.58. The van der Waals surface area contributed by atoms with Crippen LogP contribution in [0.4, 0.5) is 0 Å². The summed E-state index contributed by atoms with van der Waals surface area (Å²) in [6.45, 7) is 2.01. The van der Waals surface area contributed by atoms with E-state index in [9.17, 15) is 19.8 Å². The number of aliphatic hydroxyl groups is 1. The van der Waals surface area contributed by atoms with E-state index in [1.165, 1.54) is 28.4 Å². The quantitative estimate of drug-likeness (QED) is 0.873. The number of thiophene rings is 1. The summed E-state index contributed by atoms with van der Waals surface area (Å²) in [6.07, 6.45) is 0.202. The van der Waals surface area contributed by atoms with Gasteiger partial charge in [0.2, 0.25) is 0 Å². The first kappa shape index (κ1) is 16.3. The van der Waals surface area contributed by atoms with Crippen LogP contribution in [0.1, 0.15) is 29.8 Å². The second-order valence-electron chi connectivity index (χ2n) is 5.55. The molecule has 1 atom stereocenters. The number of carbonyl (C=O) groups excluding carboxylic acids is 2. The van der Waals surface area contributed by atoms with E-state index in [4.69, 9.17) is 0 Å². The molecule has 0 fully saturated rings. The maximum absolute atomic E-state index is 12.5. The molecule has 1 amide bonds. The predicted molar refractivity (Wildman–Crippen MR) is 90.7 cm³/mol. The van der Waals surface area contributed by atoms with Crippen LogP contribution in [0.3, 0.4) is 0 Å². The number of benzene rings is 1. The zero-order chi connectivity index (χ0) is 17.3. The number of Topliss-reactive ketones (excluding diaryl/α,β-unsaturated/α-hetero) is 1. The minimum absolute atomic E-state index is 0.101. The van der Waals surface area contributed by atoms with Gasteiger partial charge in [0.25, 0.3) is 5.91 Å². The molecule has 6 heteroatoms. The molecule has 0 aliphatic carbocycles. The van der Waals surface area contributed by atoms with Crippen LogP contribution in [-0.2, 0) is 16.1 Å². The Kier molecular flexibility index (Phi) is 4.40. The highest BCUT2D eigenvalue weighted by Gasteiger charge is 2.42. The Hall–Kier alpha value is -2.60. The van der Waals surface area contributed by atoms with Gasteiger partial charge in [0.15, 0.2) is 11.5 Å². The molecule has 1 aromatic carbocycles. The fourth-order valence-electron chi connectivity index (χ4n) is 2.87. The summed E-state index contributed by atoms with van der Waals surface area (Å²) < 4.78 is 0. The van der Waals surface area contributed by atoms with Crippen LogP contribution >= 0.6 is 11.3 Å². The van der Waals surface area contributed by atoms with Gasteiger partial charge in [0.1, 0.15) is 5.75 Å². The summed E-state index contributed by atoms with van der Waals surface area (Å²) in [5.41, 5.74) is 0.809. The Labute approximate surface area is 143 Å². The molecule has 3 rings (SSSR count).